The molecule has 0 bridgehead atoms. The highest BCUT2D eigenvalue weighted by molar-refractivity contribution is 6.17. The lowest BCUT2D eigenvalue weighted by Gasteiger charge is -2.10. The zero-order chi connectivity index (χ0) is 14.7. The molecule has 116 valence electrons. The van der Waals surface area contributed by atoms with E-state index >= 15 is 0 Å². The number of imidazole rings is 1. The molecule has 0 fully saturated rings. The van der Waals surface area contributed by atoms with E-state index < -0.39 is 0 Å². The van der Waals surface area contributed by atoms with Crippen molar-refractivity contribution in [3.8, 4) is 0 Å². The number of hydrogen-bond donors (Lipinski definition) is 0. The minimum absolute atomic E-state index is 0. The van der Waals surface area contributed by atoms with Crippen LogP contribution < -0.4 is 0 Å². The second-order valence-corrected chi connectivity index (χ2v) is 4.67. The van der Waals surface area contributed by atoms with Gasteiger partial charge in [0.1, 0.15) is 5.82 Å². The third-order valence-corrected chi connectivity index (χ3v) is 3.52. The molecule has 0 aliphatic carbocycles. The van der Waals surface area contributed by atoms with Crippen molar-refractivity contribution < 1.29 is 14.3 Å². The van der Waals surface area contributed by atoms with Gasteiger partial charge in [0.2, 0.25) is 0 Å². The fraction of sp³-hybridized carbons (Fsp3) is 0.429. The zero-order valence-electron chi connectivity index (χ0n) is 12.2. The zero-order valence-corrected chi connectivity index (χ0v) is 13.8. The van der Waals surface area contributed by atoms with E-state index in [1.54, 1.807) is 13.2 Å². The summed E-state index contributed by atoms with van der Waals surface area (Å²) < 4.78 is 11.9. The largest absolute Gasteiger partial charge is 0.465 e. The maximum Gasteiger partial charge on any atom is 0.338 e. The normalized spacial score (nSPS) is 10.5. The maximum atomic E-state index is 11.8. The lowest BCUT2D eigenvalue weighted by Crippen LogP contribution is -2.10. The van der Waals surface area contributed by atoms with Crippen molar-refractivity contribution in [1.29, 1.82) is 0 Å². The summed E-state index contributed by atoms with van der Waals surface area (Å²) >= 11 is 5.95. The molecule has 2 rings (SSSR count). The van der Waals surface area contributed by atoms with Crippen molar-refractivity contribution in [3.05, 3.63) is 29.1 Å². The van der Waals surface area contributed by atoms with Crippen molar-refractivity contribution in [2.24, 2.45) is 0 Å². The second-order valence-electron chi connectivity index (χ2n) is 4.40. The van der Waals surface area contributed by atoms with E-state index in [2.05, 4.69) is 4.98 Å². The van der Waals surface area contributed by atoms with Gasteiger partial charge in [0.15, 0.2) is 0 Å². The van der Waals surface area contributed by atoms with Gasteiger partial charge in [-0.15, -0.1) is 24.0 Å². The van der Waals surface area contributed by atoms with Crippen molar-refractivity contribution in [2.75, 3.05) is 20.8 Å². The van der Waals surface area contributed by atoms with Gasteiger partial charge in [0.05, 0.1) is 36.2 Å². The van der Waals surface area contributed by atoms with Crippen molar-refractivity contribution >= 4 is 41.0 Å². The smallest absolute Gasteiger partial charge is 0.338 e. The molecule has 0 saturated carbocycles. The molecule has 0 spiro atoms. The quantitative estimate of drug-likeness (QED) is 0.624. The van der Waals surface area contributed by atoms with Crippen LogP contribution in [0, 0.1) is 6.92 Å². The number of methoxy groups -OCH3 is 2. The standard InChI is InChI=1S/C14H17ClN2O3.ClH/c1-9-10(14(18)20-3)4-5-11-13(9)17(6-7-19-2)12(8-15)16-11;/h4-5H,6-8H2,1-3H3;1H. The molecular formula is C14H18Cl2N2O3. The number of nitrogens with zero attached hydrogens (tertiary/aromatic N) is 2. The van der Waals surface area contributed by atoms with Crippen molar-refractivity contribution in [3.63, 3.8) is 0 Å². The Morgan fingerprint density at radius 2 is 2.10 bits per heavy atom. The van der Waals surface area contributed by atoms with Crippen LogP contribution in [-0.4, -0.2) is 36.3 Å². The molecule has 0 amide bonds. The molecule has 0 aliphatic rings. The predicted molar refractivity (Wildman–Crippen MR) is 84.5 cm³/mol. The van der Waals surface area contributed by atoms with Gasteiger partial charge in [-0.25, -0.2) is 9.78 Å². The maximum absolute atomic E-state index is 11.8. The molecule has 1 aromatic heterocycles. The van der Waals surface area contributed by atoms with E-state index in [-0.39, 0.29) is 18.4 Å². The lowest BCUT2D eigenvalue weighted by molar-refractivity contribution is 0.0600. The van der Waals surface area contributed by atoms with Crippen LogP contribution >= 0.6 is 24.0 Å². The van der Waals surface area contributed by atoms with Gasteiger partial charge >= 0.3 is 5.97 Å². The number of esters is 1. The summed E-state index contributed by atoms with van der Waals surface area (Å²) in [5.74, 6) is 0.728. The summed E-state index contributed by atoms with van der Waals surface area (Å²) in [6.07, 6.45) is 0. The summed E-state index contributed by atoms with van der Waals surface area (Å²) in [6, 6.07) is 3.54. The molecular weight excluding hydrogens is 315 g/mol. The molecule has 5 nitrogen and oxygen atoms in total. The van der Waals surface area contributed by atoms with Crippen LogP contribution in [0.5, 0.6) is 0 Å². The highest BCUT2D eigenvalue weighted by atomic mass is 35.5. The minimum atomic E-state index is -0.351. The van der Waals surface area contributed by atoms with Crippen LogP contribution in [0.2, 0.25) is 0 Å². The number of halogens is 2. The number of benzene rings is 1. The minimum Gasteiger partial charge on any atom is -0.465 e. The Morgan fingerprint density at radius 1 is 1.38 bits per heavy atom. The lowest BCUT2D eigenvalue weighted by atomic mass is 10.1. The van der Waals surface area contributed by atoms with Gasteiger partial charge in [0, 0.05) is 13.7 Å². The van der Waals surface area contributed by atoms with Crippen LogP contribution in [0.25, 0.3) is 11.0 Å². The Hall–Kier alpha value is -1.30. The van der Waals surface area contributed by atoms with Crippen LogP contribution in [0.1, 0.15) is 21.7 Å². The monoisotopic (exact) mass is 332 g/mol. The fourth-order valence-electron chi connectivity index (χ4n) is 2.30. The van der Waals surface area contributed by atoms with Gasteiger partial charge in [-0.2, -0.15) is 0 Å². The summed E-state index contributed by atoms with van der Waals surface area (Å²) in [7, 11) is 3.02. The first-order chi connectivity index (χ1) is 9.63. The van der Waals surface area contributed by atoms with Crippen LogP contribution in [-0.2, 0) is 21.9 Å². The molecule has 0 radical (unpaired) electrons. The number of rotatable bonds is 5. The third-order valence-electron chi connectivity index (χ3n) is 3.28. The fourth-order valence-corrected chi connectivity index (χ4v) is 2.51. The topological polar surface area (TPSA) is 53.4 Å². The highest BCUT2D eigenvalue weighted by Crippen LogP contribution is 2.24. The molecule has 1 heterocycles. The van der Waals surface area contributed by atoms with E-state index in [0.29, 0.717) is 24.6 Å². The number of alkyl halides is 1. The number of carbonyl (C=O) groups is 1. The van der Waals surface area contributed by atoms with Gasteiger partial charge in [-0.1, -0.05) is 0 Å². The third kappa shape index (κ3) is 3.31. The first-order valence-corrected chi connectivity index (χ1v) is 6.79. The molecule has 1 aromatic carbocycles. The highest BCUT2D eigenvalue weighted by Gasteiger charge is 2.17. The van der Waals surface area contributed by atoms with Gasteiger partial charge < -0.3 is 14.0 Å². The first-order valence-electron chi connectivity index (χ1n) is 6.26. The molecule has 0 aliphatic heterocycles. The molecule has 21 heavy (non-hydrogen) atoms. The number of aryl methyl sites for hydroxylation is 1. The number of carbonyl (C=O) groups excluding carboxylic acids is 1. The van der Waals surface area contributed by atoms with Gasteiger partial charge in [0.25, 0.3) is 0 Å². The van der Waals surface area contributed by atoms with Gasteiger partial charge in [-0.3, -0.25) is 0 Å². The second kappa shape index (κ2) is 7.64. The molecule has 7 heteroatoms. The summed E-state index contributed by atoms with van der Waals surface area (Å²) in [5, 5.41) is 0. The molecule has 0 N–H and O–H groups in total. The molecule has 0 unspecified atom stereocenters. The van der Waals surface area contributed by atoms with E-state index in [0.717, 1.165) is 22.4 Å². The Balaban J connectivity index is 0.00000220. The number of fused-ring (bicyclic) bond motifs is 1. The van der Waals surface area contributed by atoms with E-state index in [1.165, 1.54) is 7.11 Å². The average molecular weight is 333 g/mol. The predicted octanol–water partition coefficient (Wildman–Crippen LogP) is 2.94. The number of aromatic nitrogens is 2. The van der Waals surface area contributed by atoms with Crippen molar-refractivity contribution in [1.82, 2.24) is 9.55 Å². The van der Waals surface area contributed by atoms with Gasteiger partial charge in [-0.05, 0) is 24.6 Å². The Bertz CT molecular complexity index is 641. The average Bonchev–Trinajstić information content (AvgIpc) is 2.83. The van der Waals surface area contributed by atoms with E-state index in [9.17, 15) is 4.79 Å². The number of hydrogen-bond acceptors (Lipinski definition) is 4. The Morgan fingerprint density at radius 3 is 2.67 bits per heavy atom. The molecule has 0 atom stereocenters. The van der Waals surface area contributed by atoms with Crippen LogP contribution in [0.3, 0.4) is 0 Å². The molecule has 2 aromatic rings. The van der Waals surface area contributed by atoms with Crippen molar-refractivity contribution in [2.45, 2.75) is 19.3 Å². The van der Waals surface area contributed by atoms with Crippen LogP contribution in [0.15, 0.2) is 12.1 Å². The summed E-state index contributed by atoms with van der Waals surface area (Å²) in [4.78, 5) is 16.3. The Kier molecular flexibility index (Phi) is 6.45. The number of ether oxygens (including phenoxy) is 2. The molecule has 0 saturated heterocycles. The first kappa shape index (κ1) is 17.8. The van der Waals surface area contributed by atoms with Crippen LogP contribution in [0.4, 0.5) is 0 Å². The summed E-state index contributed by atoms with van der Waals surface area (Å²) in [5.41, 5.74) is 3.11. The van der Waals surface area contributed by atoms with E-state index in [4.69, 9.17) is 21.1 Å². The Labute approximate surface area is 134 Å². The SMILES string of the molecule is COCCn1c(CCl)nc2ccc(C(=O)OC)c(C)c21.Cl. The van der Waals surface area contributed by atoms with E-state index in [1.807, 2.05) is 17.6 Å². The summed E-state index contributed by atoms with van der Waals surface area (Å²) in [6.45, 7) is 3.08.